The number of benzene rings is 1. The summed E-state index contributed by atoms with van der Waals surface area (Å²) in [6.07, 6.45) is 0.576. The van der Waals surface area contributed by atoms with Crippen LogP contribution < -0.4 is 21.7 Å². The van der Waals surface area contributed by atoms with Gasteiger partial charge in [-0.15, -0.1) is 0 Å². The topological polar surface area (TPSA) is 96.2 Å². The summed E-state index contributed by atoms with van der Waals surface area (Å²) in [5, 5.41) is 8.86. The number of Topliss-reactive ketones (excluding diaryl/α,β-unsaturated/α-hetero) is 1. The predicted molar refractivity (Wildman–Crippen MR) is 125 cm³/mol. The summed E-state index contributed by atoms with van der Waals surface area (Å²) in [7, 11) is 0. The fourth-order valence-corrected chi connectivity index (χ4v) is 2.16. The Morgan fingerprint density at radius 3 is 2.21 bits per heavy atom. The van der Waals surface area contributed by atoms with Crippen LogP contribution in [-0.2, 0) is 16.0 Å². The van der Waals surface area contributed by atoms with Crippen molar-refractivity contribution >= 4 is 11.7 Å². The fraction of sp³-hybridized carbons (Fsp3) is 0.455. The minimum absolute atomic E-state index is 0. The van der Waals surface area contributed by atoms with Crippen LogP contribution >= 0.6 is 0 Å². The highest BCUT2D eigenvalue weighted by molar-refractivity contribution is 5.82. The maximum absolute atomic E-state index is 12.2. The second kappa shape index (κ2) is 14.5. The van der Waals surface area contributed by atoms with Gasteiger partial charge in [-0.05, 0) is 12.0 Å². The zero-order chi connectivity index (χ0) is 21.5. The van der Waals surface area contributed by atoms with Crippen molar-refractivity contribution in [2.24, 2.45) is 11.7 Å². The number of hydrogen-bond donors (Lipinski definition) is 4. The monoisotopic (exact) mass is 396 g/mol. The number of rotatable bonds is 12. The summed E-state index contributed by atoms with van der Waals surface area (Å²) in [4.78, 5) is 24.1. The molecule has 28 heavy (non-hydrogen) atoms. The van der Waals surface area contributed by atoms with Gasteiger partial charge in [-0.2, -0.15) is 0 Å². The van der Waals surface area contributed by atoms with Gasteiger partial charge in [-0.1, -0.05) is 71.2 Å². The molecular weight excluding hydrogens is 352 g/mol. The molecule has 0 radical (unpaired) electrons. The Morgan fingerprint density at radius 2 is 1.68 bits per heavy atom. The smallest absolute Gasteiger partial charge is 0.239 e. The third kappa shape index (κ3) is 10.5. The second-order valence-electron chi connectivity index (χ2n) is 6.47. The van der Waals surface area contributed by atoms with Crippen LogP contribution in [0.4, 0.5) is 0 Å². The minimum Gasteiger partial charge on any atom is -0.380 e. The van der Waals surface area contributed by atoms with E-state index in [1.165, 1.54) is 0 Å². The maximum Gasteiger partial charge on any atom is 0.239 e. The SMILES string of the molecule is C=C(CN)NCC(=O)N[C@@H](Cc1ccccc1)C(=C)NCC(=O)C(C)C.CC.[HH].[HH].[HH].[HH]. The van der Waals surface area contributed by atoms with Crippen molar-refractivity contribution in [3.05, 3.63) is 60.4 Å². The van der Waals surface area contributed by atoms with Gasteiger partial charge in [0.25, 0.3) is 0 Å². The molecule has 164 valence electrons. The average molecular weight is 397 g/mol. The largest absolute Gasteiger partial charge is 0.380 e. The van der Waals surface area contributed by atoms with Crippen molar-refractivity contribution in [1.82, 2.24) is 16.0 Å². The molecule has 1 amide bonds. The zero-order valence-corrected chi connectivity index (χ0v) is 17.7. The number of nitrogens with two attached hydrogens (primary N) is 1. The maximum atomic E-state index is 12.2. The molecule has 0 aromatic heterocycles. The number of amides is 1. The highest BCUT2D eigenvalue weighted by Gasteiger charge is 2.17. The summed E-state index contributed by atoms with van der Waals surface area (Å²) in [6.45, 7) is 16.0. The van der Waals surface area contributed by atoms with E-state index in [1.807, 2.05) is 58.0 Å². The number of hydrogen-bond acceptors (Lipinski definition) is 5. The van der Waals surface area contributed by atoms with Gasteiger partial charge in [0.05, 0.1) is 19.1 Å². The van der Waals surface area contributed by atoms with Crippen LogP contribution in [0, 0.1) is 5.92 Å². The number of ketones is 1. The molecule has 6 heteroatoms. The summed E-state index contributed by atoms with van der Waals surface area (Å²) in [5.74, 6) is -0.153. The Kier molecular flexibility index (Phi) is 13.1. The van der Waals surface area contributed by atoms with Crippen LogP contribution in [0.25, 0.3) is 0 Å². The first-order valence-electron chi connectivity index (χ1n) is 9.73. The summed E-state index contributed by atoms with van der Waals surface area (Å²) < 4.78 is 0. The molecule has 0 bridgehead atoms. The number of nitrogens with one attached hydrogen (secondary N) is 3. The first-order chi connectivity index (χ1) is 13.3. The van der Waals surface area contributed by atoms with Gasteiger partial charge in [-0.3, -0.25) is 9.59 Å². The van der Waals surface area contributed by atoms with E-state index in [0.717, 1.165) is 5.56 Å². The molecule has 0 saturated heterocycles. The zero-order valence-electron chi connectivity index (χ0n) is 17.7. The lowest BCUT2D eigenvalue weighted by Crippen LogP contribution is -2.45. The normalized spacial score (nSPS) is 10.9. The molecule has 6 nitrogen and oxygen atoms in total. The highest BCUT2D eigenvalue weighted by Crippen LogP contribution is 2.08. The van der Waals surface area contributed by atoms with Crippen LogP contribution in [0.2, 0.25) is 0 Å². The van der Waals surface area contributed by atoms with E-state index in [4.69, 9.17) is 5.73 Å². The van der Waals surface area contributed by atoms with E-state index in [-0.39, 0.29) is 49.0 Å². The van der Waals surface area contributed by atoms with Crippen molar-refractivity contribution in [2.45, 2.75) is 40.2 Å². The molecule has 1 rings (SSSR count). The van der Waals surface area contributed by atoms with Crippen LogP contribution in [0.5, 0.6) is 0 Å². The first-order valence-corrected chi connectivity index (χ1v) is 9.73. The summed E-state index contributed by atoms with van der Waals surface area (Å²) in [5.41, 5.74) is 7.72. The molecule has 0 aliphatic heterocycles. The Balaban J connectivity index is -0.000000393. The molecule has 0 aliphatic rings. The lowest BCUT2D eigenvalue weighted by Gasteiger charge is -2.23. The molecule has 5 N–H and O–H groups in total. The first kappa shape index (κ1) is 25.4. The van der Waals surface area contributed by atoms with Crippen molar-refractivity contribution < 1.29 is 15.3 Å². The van der Waals surface area contributed by atoms with E-state index < -0.39 is 0 Å². The molecule has 1 atom stereocenters. The lowest BCUT2D eigenvalue weighted by molar-refractivity contribution is -0.121. The highest BCUT2D eigenvalue weighted by atomic mass is 16.2. The molecule has 0 fully saturated rings. The van der Waals surface area contributed by atoms with Crippen LogP contribution in [0.1, 0.15) is 39.0 Å². The van der Waals surface area contributed by atoms with Gasteiger partial charge in [0, 0.05) is 29.6 Å². The Bertz CT molecular complexity index is 644. The Morgan fingerprint density at radius 1 is 1.07 bits per heavy atom. The van der Waals surface area contributed by atoms with E-state index in [2.05, 4.69) is 29.1 Å². The van der Waals surface area contributed by atoms with Gasteiger partial charge in [-0.25, -0.2) is 0 Å². The van der Waals surface area contributed by atoms with Gasteiger partial charge in [0.15, 0.2) is 5.78 Å². The third-order valence-corrected chi connectivity index (χ3v) is 3.92. The molecule has 0 heterocycles. The number of carbonyl (C=O) groups is 2. The molecule has 0 saturated carbocycles. The van der Waals surface area contributed by atoms with Crippen LogP contribution in [0.3, 0.4) is 0 Å². The molecule has 0 spiro atoms. The van der Waals surface area contributed by atoms with Crippen LogP contribution in [0.15, 0.2) is 54.9 Å². The second-order valence-corrected chi connectivity index (χ2v) is 6.47. The molecule has 1 aromatic carbocycles. The van der Waals surface area contributed by atoms with Gasteiger partial charge in [0.1, 0.15) is 0 Å². The van der Waals surface area contributed by atoms with Crippen molar-refractivity contribution in [1.29, 1.82) is 0 Å². The third-order valence-electron chi connectivity index (χ3n) is 3.92. The molecule has 0 aliphatic carbocycles. The van der Waals surface area contributed by atoms with Gasteiger partial charge < -0.3 is 21.7 Å². The number of carbonyl (C=O) groups excluding carboxylic acids is 2. The minimum atomic E-state index is -0.335. The van der Waals surface area contributed by atoms with E-state index in [1.54, 1.807) is 0 Å². The standard InChI is InChI=1S/C20H30N4O2.C2H6.4H2/c1-14(2)19(25)12-23-16(4)18(10-17-8-6-5-7-9-17)24-20(26)13-22-15(3)11-21;1-2;;;;/h5-9,14,18,22-23H,3-4,10-13,21H2,1-2H3,(H,24,26);1-2H3;4*1H/t18-;;;;;/m0...../s1. The molecule has 0 unspecified atom stereocenters. The Labute approximate surface area is 175 Å². The average Bonchev–Trinajstić information content (AvgIpc) is 2.71. The van der Waals surface area contributed by atoms with E-state index >= 15 is 0 Å². The van der Waals surface area contributed by atoms with Crippen molar-refractivity contribution in [2.75, 3.05) is 19.6 Å². The lowest BCUT2D eigenvalue weighted by atomic mass is 10.0. The van der Waals surface area contributed by atoms with E-state index in [0.29, 0.717) is 17.8 Å². The molecular formula is C22H44N4O2. The van der Waals surface area contributed by atoms with E-state index in [9.17, 15) is 9.59 Å². The molecule has 1 aromatic rings. The summed E-state index contributed by atoms with van der Waals surface area (Å²) in [6, 6.07) is 9.46. The predicted octanol–water partition coefficient (Wildman–Crippen LogP) is 3.11. The van der Waals surface area contributed by atoms with Crippen LogP contribution in [-0.4, -0.2) is 37.4 Å². The van der Waals surface area contributed by atoms with Crippen molar-refractivity contribution in [3.63, 3.8) is 0 Å². The summed E-state index contributed by atoms with van der Waals surface area (Å²) >= 11 is 0. The van der Waals surface area contributed by atoms with Gasteiger partial charge >= 0.3 is 0 Å². The van der Waals surface area contributed by atoms with Crippen molar-refractivity contribution in [3.8, 4) is 0 Å². The van der Waals surface area contributed by atoms with Gasteiger partial charge in [0.2, 0.25) is 5.91 Å². The quantitative estimate of drug-likeness (QED) is 0.435. The Hall–Kier alpha value is -2.60. The fourth-order valence-electron chi connectivity index (χ4n) is 2.16.